The highest BCUT2D eigenvalue weighted by Crippen LogP contribution is 2.26. The van der Waals surface area contributed by atoms with Gasteiger partial charge in [-0.1, -0.05) is 83.8 Å². The second-order valence-corrected chi connectivity index (χ2v) is 12.9. The van der Waals surface area contributed by atoms with Gasteiger partial charge in [0.05, 0.1) is 8.07 Å². The highest BCUT2D eigenvalue weighted by Gasteiger charge is 2.26. The fourth-order valence-electron chi connectivity index (χ4n) is 3.88. The summed E-state index contributed by atoms with van der Waals surface area (Å²) in [7, 11) is -0.962. The zero-order valence-corrected chi connectivity index (χ0v) is 16.1. The summed E-state index contributed by atoms with van der Waals surface area (Å²) < 4.78 is 6.14. The molecule has 0 amide bonds. The van der Waals surface area contributed by atoms with Crippen LogP contribution in [0.25, 0.3) is 0 Å². The maximum absolute atomic E-state index is 6.14. The van der Waals surface area contributed by atoms with E-state index in [1.807, 2.05) is 0 Å². The van der Waals surface area contributed by atoms with E-state index in [-0.39, 0.29) is 0 Å². The molecule has 1 nitrogen and oxygen atoms in total. The second-order valence-electron chi connectivity index (χ2n) is 7.30. The lowest BCUT2D eigenvalue weighted by atomic mass is 9.93. The first-order valence-electron chi connectivity index (χ1n) is 9.84. The Morgan fingerprint density at radius 1 is 0.762 bits per heavy atom. The molecular formula is C19H40OSi. The van der Waals surface area contributed by atoms with Gasteiger partial charge in [0.1, 0.15) is 0 Å². The molecule has 0 aliphatic heterocycles. The Bertz CT molecular complexity index is 219. The lowest BCUT2D eigenvalue weighted by molar-refractivity contribution is 0.0997. The Morgan fingerprint density at radius 2 is 1.24 bits per heavy atom. The van der Waals surface area contributed by atoms with Gasteiger partial charge >= 0.3 is 0 Å². The Morgan fingerprint density at radius 3 is 1.71 bits per heavy atom. The van der Waals surface area contributed by atoms with Gasteiger partial charge in [0, 0.05) is 13.2 Å². The Kier molecular flexibility index (Phi) is 10.7. The normalized spacial score (nSPS) is 19.6. The topological polar surface area (TPSA) is 9.23 Å². The van der Waals surface area contributed by atoms with Crippen LogP contribution < -0.4 is 0 Å². The van der Waals surface area contributed by atoms with E-state index < -0.39 is 8.07 Å². The van der Waals surface area contributed by atoms with Crippen LogP contribution in [0.15, 0.2) is 0 Å². The molecule has 0 heterocycles. The van der Waals surface area contributed by atoms with E-state index in [1.165, 1.54) is 82.0 Å². The summed E-state index contributed by atoms with van der Waals surface area (Å²) in [6.45, 7) is 9.29. The van der Waals surface area contributed by atoms with Gasteiger partial charge in [-0.15, -0.1) is 0 Å². The average molecular weight is 313 g/mol. The third kappa shape index (κ3) is 7.83. The van der Waals surface area contributed by atoms with E-state index in [2.05, 4.69) is 20.8 Å². The molecule has 0 N–H and O–H groups in total. The van der Waals surface area contributed by atoms with Crippen LogP contribution in [0, 0.1) is 5.92 Å². The van der Waals surface area contributed by atoms with Crippen molar-refractivity contribution >= 4 is 8.07 Å². The molecule has 1 fully saturated rings. The maximum atomic E-state index is 6.14. The van der Waals surface area contributed by atoms with Crippen molar-refractivity contribution in [2.24, 2.45) is 5.92 Å². The molecule has 0 saturated heterocycles. The number of hydrogen-bond donors (Lipinski definition) is 0. The van der Waals surface area contributed by atoms with Crippen molar-refractivity contribution < 1.29 is 4.74 Å². The van der Waals surface area contributed by atoms with Crippen molar-refractivity contribution in [3.63, 3.8) is 0 Å². The number of rotatable bonds is 8. The molecule has 1 aliphatic carbocycles. The monoisotopic (exact) mass is 312 g/mol. The van der Waals surface area contributed by atoms with Gasteiger partial charge in [-0.2, -0.15) is 0 Å². The van der Waals surface area contributed by atoms with Crippen molar-refractivity contribution in [2.45, 2.75) is 103 Å². The van der Waals surface area contributed by atoms with Crippen LogP contribution in [0.2, 0.25) is 24.2 Å². The van der Waals surface area contributed by atoms with Crippen LogP contribution in [-0.4, -0.2) is 21.3 Å². The van der Waals surface area contributed by atoms with Gasteiger partial charge in [-0.05, 0) is 24.8 Å². The molecule has 126 valence electrons. The number of hydrogen-bond acceptors (Lipinski definition) is 1. The van der Waals surface area contributed by atoms with Gasteiger partial charge < -0.3 is 4.74 Å². The largest absolute Gasteiger partial charge is 0.381 e. The van der Waals surface area contributed by atoms with Gasteiger partial charge in [0.15, 0.2) is 0 Å². The first-order chi connectivity index (χ1) is 10.3. The molecule has 21 heavy (non-hydrogen) atoms. The lowest BCUT2D eigenvalue weighted by Crippen LogP contribution is -2.32. The van der Waals surface area contributed by atoms with E-state index in [0.717, 1.165) is 19.1 Å². The first-order valence-corrected chi connectivity index (χ1v) is 12.7. The standard InChI is InChI=1S/C19H40OSi/c1-4-21(5-2,6-3)17-16-20-18-19-14-12-10-8-7-9-11-13-15-19/h19H,4-18H2,1-3H3. The van der Waals surface area contributed by atoms with E-state index in [0.29, 0.717) is 0 Å². The van der Waals surface area contributed by atoms with Crippen LogP contribution in [0.1, 0.15) is 78.6 Å². The van der Waals surface area contributed by atoms with Crippen molar-refractivity contribution in [2.75, 3.05) is 13.2 Å². The summed E-state index contributed by atoms with van der Waals surface area (Å²) in [4.78, 5) is 0. The molecule has 1 saturated carbocycles. The molecule has 0 aromatic heterocycles. The Balaban J connectivity index is 2.22. The maximum Gasteiger partial charge on any atom is 0.0550 e. The molecule has 0 aromatic rings. The molecule has 0 unspecified atom stereocenters. The molecule has 0 radical (unpaired) electrons. The third-order valence-electron chi connectivity index (χ3n) is 6.11. The third-order valence-corrected chi connectivity index (χ3v) is 11.9. The van der Waals surface area contributed by atoms with E-state index >= 15 is 0 Å². The summed E-state index contributed by atoms with van der Waals surface area (Å²) in [5, 5.41) is 0. The van der Waals surface area contributed by atoms with Gasteiger partial charge in [0.25, 0.3) is 0 Å². The molecule has 1 rings (SSSR count). The fourth-order valence-corrected chi connectivity index (χ4v) is 7.02. The van der Waals surface area contributed by atoms with E-state index in [4.69, 9.17) is 4.74 Å². The summed E-state index contributed by atoms with van der Waals surface area (Å²) >= 11 is 0. The molecule has 0 aromatic carbocycles. The second kappa shape index (κ2) is 11.7. The first kappa shape index (κ1) is 19.2. The zero-order chi connectivity index (χ0) is 15.4. The van der Waals surface area contributed by atoms with Gasteiger partial charge in [-0.25, -0.2) is 0 Å². The van der Waals surface area contributed by atoms with Crippen LogP contribution in [0.3, 0.4) is 0 Å². The highest BCUT2D eigenvalue weighted by atomic mass is 28.3. The van der Waals surface area contributed by atoms with Crippen molar-refractivity contribution in [1.29, 1.82) is 0 Å². The predicted octanol–water partition coefficient (Wildman–Crippen LogP) is 6.65. The minimum absolute atomic E-state index is 0.851. The summed E-state index contributed by atoms with van der Waals surface area (Å²) in [6, 6.07) is 5.70. The lowest BCUT2D eigenvalue weighted by Gasteiger charge is -2.28. The molecular weight excluding hydrogens is 272 g/mol. The van der Waals surface area contributed by atoms with E-state index in [9.17, 15) is 0 Å². The predicted molar refractivity (Wildman–Crippen MR) is 97.9 cm³/mol. The Hall–Kier alpha value is 0.177. The molecule has 0 atom stereocenters. The summed E-state index contributed by atoms with van der Waals surface area (Å²) in [6.07, 6.45) is 13.0. The molecule has 1 aliphatic rings. The molecule has 2 heteroatoms. The number of ether oxygens (including phenoxy) is 1. The van der Waals surface area contributed by atoms with Gasteiger partial charge in [0.2, 0.25) is 0 Å². The fraction of sp³-hybridized carbons (Fsp3) is 1.00. The SMILES string of the molecule is CC[Si](CC)(CC)CCOCC1CCCCCCCCC1. The molecule has 0 bridgehead atoms. The minimum atomic E-state index is -0.962. The van der Waals surface area contributed by atoms with Crippen molar-refractivity contribution in [3.05, 3.63) is 0 Å². The smallest absolute Gasteiger partial charge is 0.0550 e. The van der Waals surface area contributed by atoms with Gasteiger partial charge in [-0.3, -0.25) is 0 Å². The van der Waals surface area contributed by atoms with Crippen LogP contribution in [0.4, 0.5) is 0 Å². The van der Waals surface area contributed by atoms with E-state index in [1.54, 1.807) is 0 Å². The molecule has 0 spiro atoms. The Labute approximate surface area is 135 Å². The highest BCUT2D eigenvalue weighted by molar-refractivity contribution is 6.79. The van der Waals surface area contributed by atoms with Crippen molar-refractivity contribution in [1.82, 2.24) is 0 Å². The average Bonchev–Trinajstić information content (AvgIpc) is 2.54. The van der Waals surface area contributed by atoms with Crippen LogP contribution in [-0.2, 0) is 4.74 Å². The van der Waals surface area contributed by atoms with Crippen LogP contribution >= 0.6 is 0 Å². The minimum Gasteiger partial charge on any atom is -0.381 e. The zero-order valence-electron chi connectivity index (χ0n) is 15.1. The summed E-state index contributed by atoms with van der Waals surface area (Å²) in [5.74, 6) is 0.851. The quantitative estimate of drug-likeness (QED) is 0.360. The van der Waals surface area contributed by atoms with Crippen molar-refractivity contribution in [3.8, 4) is 0 Å². The van der Waals surface area contributed by atoms with Crippen LogP contribution in [0.5, 0.6) is 0 Å². The summed E-state index contributed by atoms with van der Waals surface area (Å²) in [5.41, 5.74) is 0.